The first-order valence-electron chi connectivity index (χ1n) is 5.32. The molecule has 1 rings (SSSR count). The van der Waals surface area contributed by atoms with Crippen LogP contribution in [0.2, 0.25) is 0 Å². The third-order valence-electron chi connectivity index (χ3n) is 2.27. The van der Waals surface area contributed by atoms with Gasteiger partial charge in [0.25, 0.3) is 5.91 Å². The zero-order valence-electron chi connectivity index (χ0n) is 10.0. The Balaban J connectivity index is 2.93. The molecule has 6 heteroatoms. The van der Waals surface area contributed by atoms with Gasteiger partial charge in [-0.05, 0) is 19.1 Å². The molecule has 0 aliphatic carbocycles. The van der Waals surface area contributed by atoms with Crippen LogP contribution in [0.15, 0.2) is 24.3 Å². The third kappa shape index (κ3) is 3.73. The smallest absolute Gasteiger partial charge is 0.383 e. The second kappa shape index (κ2) is 5.86. The van der Waals surface area contributed by atoms with Crippen molar-refractivity contribution < 1.29 is 22.7 Å². The number of hydrogen-bond acceptors (Lipinski definition) is 2. The van der Waals surface area contributed by atoms with Crippen LogP contribution in [0, 0.1) is 0 Å². The molecule has 0 aromatic heterocycles. The number of carbonyl (C=O) groups is 1. The van der Waals surface area contributed by atoms with Crippen molar-refractivity contribution in [1.82, 2.24) is 5.32 Å². The Bertz CT molecular complexity index is 418. The van der Waals surface area contributed by atoms with Crippen molar-refractivity contribution >= 4 is 5.91 Å². The first-order chi connectivity index (χ1) is 8.36. The highest BCUT2D eigenvalue weighted by Gasteiger charge is 2.34. The van der Waals surface area contributed by atoms with E-state index in [9.17, 15) is 18.0 Å². The Kier molecular flexibility index (Phi) is 4.72. The average molecular weight is 261 g/mol. The summed E-state index contributed by atoms with van der Waals surface area (Å²) < 4.78 is 42.9. The number of ether oxygens (including phenoxy) is 1. The van der Waals surface area contributed by atoms with Crippen molar-refractivity contribution in [3.05, 3.63) is 35.4 Å². The Hall–Kier alpha value is -1.56. The van der Waals surface area contributed by atoms with Crippen LogP contribution in [0.4, 0.5) is 13.2 Å². The van der Waals surface area contributed by atoms with Gasteiger partial charge in [-0.1, -0.05) is 12.1 Å². The van der Waals surface area contributed by atoms with Gasteiger partial charge in [-0.15, -0.1) is 0 Å². The van der Waals surface area contributed by atoms with E-state index in [1.54, 1.807) is 6.92 Å². The second-order valence-electron chi connectivity index (χ2n) is 3.87. The molecule has 1 amide bonds. The molecule has 3 nitrogen and oxygen atoms in total. The van der Waals surface area contributed by atoms with Gasteiger partial charge in [-0.3, -0.25) is 4.79 Å². The molecule has 0 unspecified atom stereocenters. The maximum absolute atomic E-state index is 12.7. The molecular formula is C12H14F3NO2. The fourth-order valence-electron chi connectivity index (χ4n) is 1.52. The van der Waals surface area contributed by atoms with Gasteiger partial charge in [0, 0.05) is 13.2 Å². The highest BCUT2D eigenvalue weighted by molar-refractivity contribution is 5.96. The summed E-state index contributed by atoms with van der Waals surface area (Å²) in [6.45, 7) is 1.89. The van der Waals surface area contributed by atoms with Gasteiger partial charge in [0.05, 0.1) is 17.7 Å². The van der Waals surface area contributed by atoms with Gasteiger partial charge in [0.15, 0.2) is 0 Å². The summed E-state index contributed by atoms with van der Waals surface area (Å²) in [5.74, 6) is -0.757. The summed E-state index contributed by atoms with van der Waals surface area (Å²) in [5.41, 5.74) is -1.32. The standard InChI is InChI=1S/C12H14F3NO2/c1-8(7-18-2)16-11(17)9-5-3-4-6-10(9)12(13,14)15/h3-6,8H,7H2,1-2H3,(H,16,17)/t8-/m1/s1. The molecule has 100 valence electrons. The highest BCUT2D eigenvalue weighted by Crippen LogP contribution is 2.31. The maximum atomic E-state index is 12.7. The van der Waals surface area contributed by atoms with Crippen LogP contribution in [-0.4, -0.2) is 25.7 Å². The van der Waals surface area contributed by atoms with E-state index in [0.717, 1.165) is 12.1 Å². The monoisotopic (exact) mass is 261 g/mol. The molecule has 1 aromatic rings. The van der Waals surface area contributed by atoms with Crippen molar-refractivity contribution in [3.8, 4) is 0 Å². The first kappa shape index (κ1) is 14.5. The topological polar surface area (TPSA) is 38.3 Å². The number of benzene rings is 1. The molecular weight excluding hydrogens is 247 g/mol. The summed E-state index contributed by atoms with van der Waals surface area (Å²) in [5, 5.41) is 2.45. The van der Waals surface area contributed by atoms with E-state index in [1.165, 1.54) is 19.2 Å². The van der Waals surface area contributed by atoms with E-state index in [-0.39, 0.29) is 18.2 Å². The minimum absolute atomic E-state index is 0.236. The lowest BCUT2D eigenvalue weighted by Crippen LogP contribution is -2.36. The lowest BCUT2D eigenvalue weighted by molar-refractivity contribution is -0.137. The summed E-state index contributed by atoms with van der Waals surface area (Å²) in [7, 11) is 1.45. The van der Waals surface area contributed by atoms with E-state index < -0.39 is 17.6 Å². The number of methoxy groups -OCH3 is 1. The molecule has 0 fully saturated rings. The SMILES string of the molecule is COC[C@@H](C)NC(=O)c1ccccc1C(F)(F)F. The third-order valence-corrected chi connectivity index (χ3v) is 2.27. The van der Waals surface area contributed by atoms with Gasteiger partial charge >= 0.3 is 6.18 Å². The van der Waals surface area contributed by atoms with Crippen LogP contribution in [0.5, 0.6) is 0 Å². The lowest BCUT2D eigenvalue weighted by Gasteiger charge is -2.16. The van der Waals surface area contributed by atoms with Crippen molar-refractivity contribution in [3.63, 3.8) is 0 Å². The van der Waals surface area contributed by atoms with Crippen LogP contribution in [0.25, 0.3) is 0 Å². The molecule has 0 radical (unpaired) electrons. The van der Waals surface area contributed by atoms with Crippen molar-refractivity contribution in [1.29, 1.82) is 0 Å². The maximum Gasteiger partial charge on any atom is 0.417 e. The number of hydrogen-bond donors (Lipinski definition) is 1. The van der Waals surface area contributed by atoms with Gasteiger partial charge in [0.1, 0.15) is 0 Å². The predicted molar refractivity (Wildman–Crippen MR) is 60.2 cm³/mol. The Morgan fingerprint density at radius 1 is 1.39 bits per heavy atom. The van der Waals surface area contributed by atoms with E-state index in [2.05, 4.69) is 5.32 Å². The minimum atomic E-state index is -4.54. The Labute approximate surface area is 103 Å². The number of halogens is 3. The summed E-state index contributed by atoms with van der Waals surface area (Å²) in [6, 6.07) is 4.32. The van der Waals surface area contributed by atoms with Crippen LogP contribution >= 0.6 is 0 Å². The number of alkyl halides is 3. The highest BCUT2D eigenvalue weighted by atomic mass is 19.4. The zero-order chi connectivity index (χ0) is 13.8. The van der Waals surface area contributed by atoms with Crippen molar-refractivity contribution in [2.45, 2.75) is 19.1 Å². The second-order valence-corrected chi connectivity index (χ2v) is 3.87. The molecule has 1 N–H and O–H groups in total. The lowest BCUT2D eigenvalue weighted by atomic mass is 10.1. The summed E-state index contributed by atoms with van der Waals surface area (Å²) in [6.07, 6.45) is -4.54. The summed E-state index contributed by atoms with van der Waals surface area (Å²) in [4.78, 5) is 11.7. The average Bonchev–Trinajstić information content (AvgIpc) is 2.28. The number of nitrogens with one attached hydrogen (secondary N) is 1. The van der Waals surface area contributed by atoms with E-state index >= 15 is 0 Å². The fraction of sp³-hybridized carbons (Fsp3) is 0.417. The molecule has 0 aliphatic rings. The molecule has 1 atom stereocenters. The van der Waals surface area contributed by atoms with Gasteiger partial charge < -0.3 is 10.1 Å². The molecule has 18 heavy (non-hydrogen) atoms. The van der Waals surface area contributed by atoms with Crippen LogP contribution < -0.4 is 5.32 Å². The minimum Gasteiger partial charge on any atom is -0.383 e. The van der Waals surface area contributed by atoms with E-state index in [1.807, 2.05) is 0 Å². The fourth-order valence-corrected chi connectivity index (χ4v) is 1.52. The largest absolute Gasteiger partial charge is 0.417 e. The predicted octanol–water partition coefficient (Wildman–Crippen LogP) is 2.47. The summed E-state index contributed by atoms with van der Waals surface area (Å²) >= 11 is 0. The normalized spacial score (nSPS) is 13.2. The van der Waals surface area contributed by atoms with Crippen LogP contribution in [0.1, 0.15) is 22.8 Å². The van der Waals surface area contributed by atoms with Gasteiger partial charge in [-0.2, -0.15) is 13.2 Å². The van der Waals surface area contributed by atoms with Crippen LogP contribution in [0.3, 0.4) is 0 Å². The number of amides is 1. The zero-order valence-corrected chi connectivity index (χ0v) is 10.0. The first-order valence-corrected chi connectivity index (χ1v) is 5.32. The molecule has 0 saturated carbocycles. The quantitative estimate of drug-likeness (QED) is 0.904. The molecule has 0 aliphatic heterocycles. The Morgan fingerprint density at radius 2 is 2.00 bits per heavy atom. The number of rotatable bonds is 4. The van der Waals surface area contributed by atoms with Gasteiger partial charge in [-0.25, -0.2) is 0 Å². The van der Waals surface area contributed by atoms with Crippen LogP contribution in [-0.2, 0) is 10.9 Å². The van der Waals surface area contributed by atoms with Crippen molar-refractivity contribution in [2.24, 2.45) is 0 Å². The molecule has 0 saturated heterocycles. The molecule has 1 aromatic carbocycles. The van der Waals surface area contributed by atoms with E-state index in [0.29, 0.717) is 0 Å². The van der Waals surface area contributed by atoms with Crippen molar-refractivity contribution in [2.75, 3.05) is 13.7 Å². The van der Waals surface area contributed by atoms with Gasteiger partial charge in [0.2, 0.25) is 0 Å². The van der Waals surface area contributed by atoms with E-state index in [4.69, 9.17) is 4.74 Å². The Morgan fingerprint density at radius 3 is 2.56 bits per heavy atom. The molecule has 0 bridgehead atoms. The molecule has 0 heterocycles. The molecule has 0 spiro atoms. The number of carbonyl (C=O) groups excluding carboxylic acids is 1.